The van der Waals surface area contributed by atoms with Crippen molar-refractivity contribution in [2.45, 2.75) is 25.1 Å². The molecule has 76 valence electrons. The van der Waals surface area contributed by atoms with Crippen LogP contribution in [0.5, 0.6) is 0 Å². The maximum atomic E-state index is 4.26. The molecule has 0 radical (unpaired) electrons. The first kappa shape index (κ1) is 10.4. The van der Waals surface area contributed by atoms with Crippen molar-refractivity contribution >= 4 is 22.5 Å². The summed E-state index contributed by atoms with van der Waals surface area (Å²) in [4.78, 5) is 0. The highest BCUT2D eigenvalue weighted by Crippen LogP contribution is 2.32. The molecule has 0 aromatic heterocycles. The maximum absolute atomic E-state index is 4.26. The lowest BCUT2D eigenvalue weighted by atomic mass is 9.97. The number of benzene rings is 1. The smallest absolute Gasteiger partial charge is 0.0370 e. The van der Waals surface area contributed by atoms with Crippen molar-refractivity contribution in [2.24, 2.45) is 0 Å². The summed E-state index contributed by atoms with van der Waals surface area (Å²) in [5, 5.41) is 3.87. The Labute approximate surface area is 94.5 Å². The molecule has 14 heavy (non-hydrogen) atoms. The second-order valence-corrected chi connectivity index (χ2v) is 5.25. The molecule has 0 spiro atoms. The third-order valence-corrected chi connectivity index (χ3v) is 4.28. The Balaban J connectivity index is 2.29. The number of rotatable bonds is 2. The Hall–Kier alpha value is -0.120. The molecule has 0 saturated heterocycles. The molecule has 1 atom stereocenters. The van der Waals surface area contributed by atoms with E-state index in [4.69, 9.17) is 0 Å². The first-order valence-electron chi connectivity index (χ1n) is 4.94. The summed E-state index contributed by atoms with van der Waals surface area (Å²) < 4.78 is 0. The molecule has 1 aromatic rings. The molecule has 0 saturated carbocycles. The molecule has 0 aliphatic carbocycles. The van der Waals surface area contributed by atoms with Gasteiger partial charge in [-0.2, -0.15) is 0 Å². The first-order valence-corrected chi connectivity index (χ1v) is 6.87. The zero-order chi connectivity index (χ0) is 9.97. The molecule has 1 aliphatic rings. The van der Waals surface area contributed by atoms with E-state index in [0.29, 0.717) is 5.25 Å². The van der Waals surface area contributed by atoms with E-state index in [9.17, 15) is 0 Å². The first-order chi connectivity index (χ1) is 6.81. The van der Waals surface area contributed by atoms with Gasteiger partial charge in [0.25, 0.3) is 0 Å². The molecule has 0 amide bonds. The standard InChI is InChI=1S/C11H15NS2/c1-8(14-13)9-2-3-11-7-12-5-4-10(11)6-9/h2-3,6,8,12-13H,4-5,7H2,1H3. The number of hydrogen-bond acceptors (Lipinski definition) is 3. The third kappa shape index (κ3) is 2.10. The summed E-state index contributed by atoms with van der Waals surface area (Å²) in [5.74, 6) is 0. The van der Waals surface area contributed by atoms with Gasteiger partial charge in [-0.15, -0.1) is 11.7 Å². The molecule has 0 bridgehead atoms. The van der Waals surface area contributed by atoms with Crippen molar-refractivity contribution in [1.82, 2.24) is 5.32 Å². The Morgan fingerprint density at radius 1 is 1.43 bits per heavy atom. The average Bonchev–Trinajstić information content (AvgIpc) is 2.27. The van der Waals surface area contributed by atoms with Crippen LogP contribution in [0.15, 0.2) is 18.2 Å². The van der Waals surface area contributed by atoms with Gasteiger partial charge in [0, 0.05) is 11.8 Å². The zero-order valence-electron chi connectivity index (χ0n) is 8.29. The van der Waals surface area contributed by atoms with Crippen LogP contribution < -0.4 is 5.32 Å². The van der Waals surface area contributed by atoms with Crippen LogP contribution in [-0.2, 0) is 13.0 Å². The third-order valence-electron chi connectivity index (χ3n) is 2.74. The lowest BCUT2D eigenvalue weighted by Gasteiger charge is -2.19. The van der Waals surface area contributed by atoms with Gasteiger partial charge in [0.15, 0.2) is 0 Å². The molecule has 1 heterocycles. The van der Waals surface area contributed by atoms with Gasteiger partial charge < -0.3 is 5.32 Å². The van der Waals surface area contributed by atoms with Crippen molar-refractivity contribution in [1.29, 1.82) is 0 Å². The van der Waals surface area contributed by atoms with Crippen molar-refractivity contribution in [2.75, 3.05) is 6.54 Å². The summed E-state index contributed by atoms with van der Waals surface area (Å²) >= 11 is 4.26. The molecule has 1 unspecified atom stereocenters. The minimum absolute atomic E-state index is 0.485. The summed E-state index contributed by atoms with van der Waals surface area (Å²) in [6.07, 6.45) is 1.16. The predicted octanol–water partition coefficient (Wildman–Crippen LogP) is 2.97. The largest absolute Gasteiger partial charge is 0.312 e. The molecule has 3 heteroatoms. The number of thiol groups is 1. The Kier molecular flexibility index (Phi) is 3.42. The van der Waals surface area contributed by atoms with E-state index >= 15 is 0 Å². The lowest BCUT2D eigenvalue weighted by molar-refractivity contribution is 0.643. The quantitative estimate of drug-likeness (QED) is 0.593. The van der Waals surface area contributed by atoms with E-state index in [1.165, 1.54) is 16.7 Å². The fraction of sp³-hybridized carbons (Fsp3) is 0.455. The molecular weight excluding hydrogens is 210 g/mol. The van der Waals surface area contributed by atoms with Crippen LogP contribution in [0.2, 0.25) is 0 Å². The maximum Gasteiger partial charge on any atom is 0.0370 e. The van der Waals surface area contributed by atoms with Crippen LogP contribution in [0.4, 0.5) is 0 Å². The van der Waals surface area contributed by atoms with Crippen molar-refractivity contribution in [3.63, 3.8) is 0 Å². The molecule has 2 rings (SSSR count). The van der Waals surface area contributed by atoms with Crippen molar-refractivity contribution in [3.8, 4) is 0 Å². The summed E-state index contributed by atoms with van der Waals surface area (Å²) in [7, 11) is 1.61. The van der Waals surface area contributed by atoms with Gasteiger partial charge >= 0.3 is 0 Å². The summed E-state index contributed by atoms with van der Waals surface area (Å²) in [5.41, 5.74) is 4.36. The van der Waals surface area contributed by atoms with E-state index in [1.54, 1.807) is 10.8 Å². The number of hydrogen-bond donors (Lipinski definition) is 2. The van der Waals surface area contributed by atoms with Crippen LogP contribution in [0.1, 0.15) is 28.9 Å². The van der Waals surface area contributed by atoms with Crippen LogP contribution in [0.3, 0.4) is 0 Å². The normalized spacial score (nSPS) is 17.6. The highest BCUT2D eigenvalue weighted by Gasteiger charge is 2.11. The zero-order valence-corrected chi connectivity index (χ0v) is 10.00. The van der Waals surface area contributed by atoms with E-state index in [1.807, 2.05) is 0 Å². The molecule has 0 fully saturated rings. The minimum Gasteiger partial charge on any atom is -0.312 e. The van der Waals surface area contributed by atoms with Crippen LogP contribution in [0.25, 0.3) is 0 Å². The molecule has 1 aliphatic heterocycles. The van der Waals surface area contributed by atoms with Gasteiger partial charge in [0.2, 0.25) is 0 Å². The lowest BCUT2D eigenvalue weighted by Crippen LogP contribution is -2.23. The van der Waals surface area contributed by atoms with Crippen LogP contribution in [0, 0.1) is 0 Å². The van der Waals surface area contributed by atoms with E-state index in [-0.39, 0.29) is 0 Å². The van der Waals surface area contributed by atoms with Crippen LogP contribution >= 0.6 is 22.5 Å². The van der Waals surface area contributed by atoms with Gasteiger partial charge in [-0.25, -0.2) is 0 Å². The Bertz CT molecular complexity index is 325. The van der Waals surface area contributed by atoms with Gasteiger partial charge in [-0.05, 0) is 36.6 Å². The molecule has 1 N–H and O–H groups in total. The summed E-state index contributed by atoms with van der Waals surface area (Å²) in [6, 6.07) is 6.81. The second-order valence-electron chi connectivity index (χ2n) is 3.70. The fourth-order valence-corrected chi connectivity index (χ4v) is 2.44. The molecule has 1 aromatic carbocycles. The summed E-state index contributed by atoms with van der Waals surface area (Å²) in [6.45, 7) is 4.33. The van der Waals surface area contributed by atoms with E-state index < -0.39 is 0 Å². The van der Waals surface area contributed by atoms with E-state index in [2.05, 4.69) is 42.1 Å². The highest BCUT2D eigenvalue weighted by molar-refractivity contribution is 8.68. The highest BCUT2D eigenvalue weighted by atomic mass is 33.1. The molecule has 1 nitrogen and oxygen atoms in total. The van der Waals surface area contributed by atoms with Gasteiger partial charge in [-0.3, -0.25) is 0 Å². The van der Waals surface area contributed by atoms with E-state index in [0.717, 1.165) is 19.5 Å². The van der Waals surface area contributed by atoms with Crippen LogP contribution in [-0.4, -0.2) is 6.54 Å². The predicted molar refractivity (Wildman–Crippen MR) is 66.8 cm³/mol. The topological polar surface area (TPSA) is 12.0 Å². The fourth-order valence-electron chi connectivity index (χ4n) is 1.81. The monoisotopic (exact) mass is 225 g/mol. The van der Waals surface area contributed by atoms with Gasteiger partial charge in [-0.1, -0.05) is 29.0 Å². The van der Waals surface area contributed by atoms with Gasteiger partial charge in [0.05, 0.1) is 0 Å². The SMILES string of the molecule is CC(SS)c1ccc2c(c1)CCNC2. The van der Waals surface area contributed by atoms with Gasteiger partial charge in [0.1, 0.15) is 0 Å². The number of nitrogens with one attached hydrogen (secondary N) is 1. The Morgan fingerprint density at radius 2 is 2.29 bits per heavy atom. The second kappa shape index (κ2) is 4.60. The van der Waals surface area contributed by atoms with Crippen molar-refractivity contribution < 1.29 is 0 Å². The Morgan fingerprint density at radius 3 is 3.07 bits per heavy atom. The average molecular weight is 225 g/mol. The number of fused-ring (bicyclic) bond motifs is 1. The molecular formula is C11H15NS2. The minimum atomic E-state index is 0.485. The van der Waals surface area contributed by atoms with Crippen molar-refractivity contribution in [3.05, 3.63) is 34.9 Å².